The lowest BCUT2D eigenvalue weighted by Gasteiger charge is -2.23. The van der Waals surface area contributed by atoms with Crippen molar-refractivity contribution in [1.82, 2.24) is 5.32 Å². The Morgan fingerprint density at radius 1 is 1.32 bits per heavy atom. The average Bonchev–Trinajstić information content (AvgIpc) is 3.15. The van der Waals surface area contributed by atoms with E-state index >= 15 is 0 Å². The molecule has 2 aromatic rings. The van der Waals surface area contributed by atoms with Gasteiger partial charge in [0.05, 0.1) is 34.6 Å². The number of para-hydroxylation sites is 1. The van der Waals surface area contributed by atoms with Crippen LogP contribution in [0.2, 0.25) is 0 Å². The highest BCUT2D eigenvalue weighted by molar-refractivity contribution is 8.03. The zero-order chi connectivity index (χ0) is 17.6. The second-order valence-corrected chi connectivity index (χ2v) is 6.36. The quantitative estimate of drug-likeness (QED) is 0.861. The molecule has 1 aliphatic heterocycles. The smallest absolute Gasteiger partial charge is 0.234 e. The van der Waals surface area contributed by atoms with E-state index in [4.69, 9.17) is 4.42 Å². The highest BCUT2D eigenvalue weighted by Crippen LogP contribution is 2.36. The number of hydrogen-bond donors (Lipinski definition) is 2. The molecule has 0 spiro atoms. The van der Waals surface area contributed by atoms with Gasteiger partial charge in [-0.05, 0) is 24.3 Å². The van der Waals surface area contributed by atoms with Crippen molar-refractivity contribution in [2.75, 3.05) is 11.1 Å². The summed E-state index contributed by atoms with van der Waals surface area (Å²) in [6.45, 7) is 0. The maximum absolute atomic E-state index is 12.1. The van der Waals surface area contributed by atoms with E-state index in [2.05, 4.69) is 16.7 Å². The van der Waals surface area contributed by atoms with Crippen LogP contribution in [0, 0.1) is 11.3 Å². The molecule has 0 unspecified atom stereocenters. The Hall–Kier alpha value is -2.98. The monoisotopic (exact) mass is 353 g/mol. The van der Waals surface area contributed by atoms with Gasteiger partial charge in [-0.15, -0.1) is 0 Å². The van der Waals surface area contributed by atoms with Crippen LogP contribution in [-0.2, 0) is 9.59 Å². The van der Waals surface area contributed by atoms with Crippen LogP contribution in [0.15, 0.2) is 63.7 Å². The number of nitrogens with zero attached hydrogens (tertiary/aromatic N) is 1. The summed E-state index contributed by atoms with van der Waals surface area (Å²) < 4.78 is 5.35. The SMILES string of the molecule is N#CC1=C(SCC(=O)Nc2ccccc2)NC(=O)C[C@H]1c1ccco1. The van der Waals surface area contributed by atoms with Crippen LogP contribution in [-0.4, -0.2) is 17.6 Å². The first-order chi connectivity index (χ1) is 12.2. The molecule has 1 aliphatic rings. The van der Waals surface area contributed by atoms with E-state index in [1.807, 2.05) is 18.2 Å². The summed E-state index contributed by atoms with van der Waals surface area (Å²) in [6.07, 6.45) is 1.66. The van der Waals surface area contributed by atoms with Crippen molar-refractivity contribution in [3.63, 3.8) is 0 Å². The molecule has 2 amide bonds. The van der Waals surface area contributed by atoms with Gasteiger partial charge in [0.1, 0.15) is 5.76 Å². The molecule has 0 saturated carbocycles. The predicted octanol–water partition coefficient (Wildman–Crippen LogP) is 2.99. The Balaban J connectivity index is 1.72. The fourth-order valence-electron chi connectivity index (χ4n) is 2.52. The second-order valence-electron chi connectivity index (χ2n) is 5.38. The molecule has 1 aromatic heterocycles. The first-order valence-electron chi connectivity index (χ1n) is 7.62. The van der Waals surface area contributed by atoms with Gasteiger partial charge in [0.2, 0.25) is 11.8 Å². The number of anilines is 1. The first kappa shape index (κ1) is 16.9. The molecule has 2 heterocycles. The van der Waals surface area contributed by atoms with Gasteiger partial charge in [-0.2, -0.15) is 5.26 Å². The van der Waals surface area contributed by atoms with Crippen LogP contribution >= 0.6 is 11.8 Å². The van der Waals surface area contributed by atoms with E-state index in [0.717, 1.165) is 11.8 Å². The van der Waals surface area contributed by atoms with Crippen LogP contribution in [0.25, 0.3) is 0 Å². The fraction of sp³-hybridized carbons (Fsp3) is 0.167. The predicted molar refractivity (Wildman–Crippen MR) is 94.4 cm³/mol. The van der Waals surface area contributed by atoms with Crippen molar-refractivity contribution in [3.05, 3.63) is 65.1 Å². The number of benzene rings is 1. The summed E-state index contributed by atoms with van der Waals surface area (Å²) in [4.78, 5) is 24.0. The standard InChI is InChI=1S/C18H15N3O3S/c19-10-14-13(15-7-4-8-24-15)9-16(22)21-18(14)25-11-17(23)20-12-5-2-1-3-6-12/h1-8,13H,9,11H2,(H,20,23)(H,21,22)/t13-/m1/s1. The van der Waals surface area contributed by atoms with Crippen molar-refractivity contribution in [3.8, 4) is 6.07 Å². The zero-order valence-electron chi connectivity index (χ0n) is 13.2. The Labute approximate surface area is 148 Å². The zero-order valence-corrected chi connectivity index (χ0v) is 14.0. The second kappa shape index (κ2) is 7.73. The Bertz CT molecular complexity index is 838. The number of amides is 2. The lowest BCUT2D eigenvalue weighted by molar-refractivity contribution is -0.121. The molecule has 0 aliphatic carbocycles. The van der Waals surface area contributed by atoms with Gasteiger partial charge in [-0.3, -0.25) is 9.59 Å². The number of nitriles is 1. The summed E-state index contributed by atoms with van der Waals surface area (Å²) in [5.41, 5.74) is 1.11. The van der Waals surface area contributed by atoms with Gasteiger partial charge in [-0.25, -0.2) is 0 Å². The van der Waals surface area contributed by atoms with Crippen LogP contribution in [0.5, 0.6) is 0 Å². The van der Waals surface area contributed by atoms with Crippen molar-refractivity contribution < 1.29 is 14.0 Å². The molecule has 1 aromatic carbocycles. The molecule has 1 atom stereocenters. The largest absolute Gasteiger partial charge is 0.469 e. The minimum absolute atomic E-state index is 0.0839. The van der Waals surface area contributed by atoms with Crippen molar-refractivity contribution in [2.45, 2.75) is 12.3 Å². The number of hydrogen-bond acceptors (Lipinski definition) is 5. The summed E-state index contributed by atoms with van der Waals surface area (Å²) in [6, 6.07) is 14.7. The minimum atomic E-state index is -0.423. The van der Waals surface area contributed by atoms with Gasteiger partial charge in [0.15, 0.2) is 0 Å². The number of rotatable bonds is 5. The molecule has 7 heteroatoms. The highest BCUT2D eigenvalue weighted by atomic mass is 32.2. The van der Waals surface area contributed by atoms with Gasteiger partial charge in [-0.1, -0.05) is 30.0 Å². The summed E-state index contributed by atoms with van der Waals surface area (Å²) in [5, 5.41) is 15.4. The van der Waals surface area contributed by atoms with E-state index in [0.29, 0.717) is 22.0 Å². The Morgan fingerprint density at radius 3 is 2.80 bits per heavy atom. The average molecular weight is 353 g/mol. The maximum atomic E-state index is 12.1. The number of allylic oxidation sites excluding steroid dienone is 1. The number of carbonyl (C=O) groups is 2. The van der Waals surface area contributed by atoms with E-state index in [1.54, 1.807) is 24.3 Å². The third-order valence-corrected chi connectivity index (χ3v) is 4.66. The molecule has 3 rings (SSSR count). The first-order valence-corrected chi connectivity index (χ1v) is 8.61. The molecule has 0 bridgehead atoms. The number of thioether (sulfide) groups is 1. The van der Waals surface area contributed by atoms with Crippen molar-refractivity contribution >= 4 is 29.3 Å². The molecule has 0 saturated heterocycles. The van der Waals surface area contributed by atoms with Crippen LogP contribution in [0.4, 0.5) is 5.69 Å². The van der Waals surface area contributed by atoms with Crippen LogP contribution in [0.3, 0.4) is 0 Å². The highest BCUT2D eigenvalue weighted by Gasteiger charge is 2.31. The third kappa shape index (κ3) is 4.11. The molecule has 0 radical (unpaired) electrons. The molecule has 0 fully saturated rings. The summed E-state index contributed by atoms with van der Waals surface area (Å²) in [5.74, 6) is -0.186. The van der Waals surface area contributed by atoms with Gasteiger partial charge >= 0.3 is 0 Å². The Kier molecular flexibility index (Phi) is 5.21. The van der Waals surface area contributed by atoms with Crippen LogP contribution < -0.4 is 10.6 Å². The molecular weight excluding hydrogens is 338 g/mol. The van der Waals surface area contributed by atoms with E-state index in [-0.39, 0.29) is 24.0 Å². The molecule has 126 valence electrons. The van der Waals surface area contributed by atoms with Crippen molar-refractivity contribution in [2.24, 2.45) is 0 Å². The minimum Gasteiger partial charge on any atom is -0.469 e. The van der Waals surface area contributed by atoms with Gasteiger partial charge < -0.3 is 15.1 Å². The normalized spacial score (nSPS) is 16.9. The maximum Gasteiger partial charge on any atom is 0.234 e. The molecule has 25 heavy (non-hydrogen) atoms. The van der Waals surface area contributed by atoms with E-state index in [1.165, 1.54) is 6.26 Å². The van der Waals surface area contributed by atoms with Crippen molar-refractivity contribution in [1.29, 1.82) is 5.26 Å². The molecular formula is C18H15N3O3S. The van der Waals surface area contributed by atoms with Gasteiger partial charge in [0, 0.05) is 12.1 Å². The number of furan rings is 1. The topological polar surface area (TPSA) is 95.1 Å². The third-order valence-electron chi connectivity index (χ3n) is 3.65. The molecule has 6 nitrogen and oxygen atoms in total. The summed E-state index contributed by atoms with van der Waals surface area (Å²) in [7, 11) is 0. The Morgan fingerprint density at radius 2 is 2.12 bits per heavy atom. The van der Waals surface area contributed by atoms with E-state index in [9.17, 15) is 14.9 Å². The number of carbonyl (C=O) groups excluding carboxylic acids is 2. The fourth-order valence-corrected chi connectivity index (χ4v) is 3.40. The van der Waals surface area contributed by atoms with E-state index < -0.39 is 5.92 Å². The molecule has 2 N–H and O–H groups in total. The van der Waals surface area contributed by atoms with Crippen LogP contribution in [0.1, 0.15) is 18.1 Å². The van der Waals surface area contributed by atoms with Gasteiger partial charge in [0.25, 0.3) is 0 Å². The lowest BCUT2D eigenvalue weighted by atomic mass is 9.92. The number of nitrogens with one attached hydrogen (secondary N) is 2. The summed E-state index contributed by atoms with van der Waals surface area (Å²) >= 11 is 1.13. The lowest BCUT2D eigenvalue weighted by Crippen LogP contribution is -2.31.